The first-order valence-corrected chi connectivity index (χ1v) is 5.72. The average Bonchev–Trinajstić information content (AvgIpc) is 2.25. The molecule has 2 N–H and O–H groups in total. The molecule has 0 fully saturated rings. The largest absolute Gasteiger partial charge is 0.496 e. The van der Waals surface area contributed by atoms with Gasteiger partial charge in [-0.1, -0.05) is 26.8 Å². The SMILES string of the molecule is COc1ccc(C(N)C(C)=O)cc1C(C)(C)C. The van der Waals surface area contributed by atoms with Crippen LogP contribution >= 0.6 is 0 Å². The number of hydrogen-bond acceptors (Lipinski definition) is 3. The number of carbonyl (C=O) groups is 1. The lowest BCUT2D eigenvalue weighted by Crippen LogP contribution is -2.20. The first kappa shape index (κ1) is 13.7. The molecule has 1 aromatic carbocycles. The van der Waals surface area contributed by atoms with Crippen molar-refractivity contribution in [3.63, 3.8) is 0 Å². The van der Waals surface area contributed by atoms with Crippen molar-refractivity contribution in [2.75, 3.05) is 7.11 Å². The number of ether oxygens (including phenoxy) is 1. The predicted octanol–water partition coefficient (Wildman–Crippen LogP) is 2.58. The van der Waals surface area contributed by atoms with E-state index in [4.69, 9.17) is 10.5 Å². The highest BCUT2D eigenvalue weighted by atomic mass is 16.5. The Morgan fingerprint density at radius 2 is 1.94 bits per heavy atom. The van der Waals surface area contributed by atoms with Crippen molar-refractivity contribution in [3.8, 4) is 5.75 Å². The number of nitrogens with two attached hydrogens (primary N) is 1. The van der Waals surface area contributed by atoms with Gasteiger partial charge in [0.05, 0.1) is 13.2 Å². The van der Waals surface area contributed by atoms with E-state index in [2.05, 4.69) is 20.8 Å². The maximum Gasteiger partial charge on any atom is 0.150 e. The molecule has 0 saturated heterocycles. The molecular weight excluding hydrogens is 214 g/mol. The van der Waals surface area contributed by atoms with Gasteiger partial charge in [0.2, 0.25) is 0 Å². The molecule has 1 rings (SSSR count). The predicted molar refractivity (Wildman–Crippen MR) is 69.3 cm³/mol. The Morgan fingerprint density at radius 1 is 1.35 bits per heavy atom. The lowest BCUT2D eigenvalue weighted by atomic mass is 9.84. The van der Waals surface area contributed by atoms with Crippen molar-refractivity contribution in [2.45, 2.75) is 39.2 Å². The van der Waals surface area contributed by atoms with Crippen LogP contribution in [0.2, 0.25) is 0 Å². The summed E-state index contributed by atoms with van der Waals surface area (Å²) in [7, 11) is 1.65. The van der Waals surface area contributed by atoms with Crippen LogP contribution < -0.4 is 10.5 Å². The number of hydrogen-bond donors (Lipinski definition) is 1. The van der Waals surface area contributed by atoms with Crippen LogP contribution in [0.4, 0.5) is 0 Å². The maximum absolute atomic E-state index is 11.3. The van der Waals surface area contributed by atoms with Crippen molar-refractivity contribution in [1.29, 1.82) is 0 Å². The van der Waals surface area contributed by atoms with Gasteiger partial charge in [-0.3, -0.25) is 4.79 Å². The number of ketones is 1. The smallest absolute Gasteiger partial charge is 0.150 e. The third kappa shape index (κ3) is 3.07. The summed E-state index contributed by atoms with van der Waals surface area (Å²) in [5.41, 5.74) is 7.71. The van der Waals surface area contributed by atoms with Gasteiger partial charge in [0.15, 0.2) is 5.78 Å². The van der Waals surface area contributed by atoms with Gasteiger partial charge in [-0.25, -0.2) is 0 Å². The first-order chi connectivity index (χ1) is 7.77. The van der Waals surface area contributed by atoms with Crippen LogP contribution in [0.5, 0.6) is 5.75 Å². The Morgan fingerprint density at radius 3 is 2.35 bits per heavy atom. The summed E-state index contributed by atoms with van der Waals surface area (Å²) in [6.45, 7) is 7.82. The van der Waals surface area contributed by atoms with E-state index in [0.29, 0.717) is 0 Å². The van der Waals surface area contributed by atoms with Crippen LogP contribution in [0, 0.1) is 0 Å². The van der Waals surface area contributed by atoms with Crippen LogP contribution in [-0.4, -0.2) is 12.9 Å². The molecule has 0 aromatic heterocycles. The molecule has 0 spiro atoms. The topological polar surface area (TPSA) is 52.3 Å². The molecule has 1 unspecified atom stereocenters. The highest BCUT2D eigenvalue weighted by Gasteiger charge is 2.21. The standard InChI is InChI=1S/C14H21NO2/c1-9(16)13(15)10-6-7-12(17-5)11(8-10)14(2,3)4/h6-8,13H,15H2,1-5H3. The van der Waals surface area contributed by atoms with Crippen molar-refractivity contribution in [1.82, 2.24) is 0 Å². The lowest BCUT2D eigenvalue weighted by Gasteiger charge is -2.23. The van der Waals surface area contributed by atoms with Gasteiger partial charge in [0.25, 0.3) is 0 Å². The van der Waals surface area contributed by atoms with E-state index in [1.165, 1.54) is 6.92 Å². The quantitative estimate of drug-likeness (QED) is 0.876. The van der Waals surface area contributed by atoms with E-state index in [0.717, 1.165) is 16.9 Å². The Labute approximate surface area is 103 Å². The zero-order valence-electron chi connectivity index (χ0n) is 11.2. The minimum Gasteiger partial charge on any atom is -0.496 e. The fourth-order valence-electron chi connectivity index (χ4n) is 1.74. The van der Waals surface area contributed by atoms with Crippen molar-refractivity contribution in [3.05, 3.63) is 29.3 Å². The molecule has 0 radical (unpaired) electrons. The second kappa shape index (κ2) is 4.88. The first-order valence-electron chi connectivity index (χ1n) is 5.72. The molecule has 0 saturated carbocycles. The van der Waals surface area contributed by atoms with E-state index < -0.39 is 6.04 Å². The van der Waals surface area contributed by atoms with Crippen LogP contribution in [-0.2, 0) is 10.2 Å². The van der Waals surface area contributed by atoms with E-state index in [1.54, 1.807) is 7.11 Å². The molecule has 0 bridgehead atoms. The number of Topliss-reactive ketones (excluding diaryl/α,β-unsaturated/α-hetero) is 1. The van der Waals surface area contributed by atoms with Crippen LogP contribution in [0.3, 0.4) is 0 Å². The summed E-state index contributed by atoms with van der Waals surface area (Å²) in [6, 6.07) is 5.13. The molecule has 0 aliphatic rings. The molecule has 94 valence electrons. The highest BCUT2D eigenvalue weighted by molar-refractivity contribution is 5.82. The second-order valence-electron chi connectivity index (χ2n) is 5.30. The molecule has 0 heterocycles. The zero-order valence-corrected chi connectivity index (χ0v) is 11.2. The van der Waals surface area contributed by atoms with Gasteiger partial charge in [0.1, 0.15) is 5.75 Å². The van der Waals surface area contributed by atoms with Gasteiger partial charge < -0.3 is 10.5 Å². The molecule has 17 heavy (non-hydrogen) atoms. The molecule has 3 nitrogen and oxygen atoms in total. The van der Waals surface area contributed by atoms with E-state index in [-0.39, 0.29) is 11.2 Å². The molecule has 1 aromatic rings. The van der Waals surface area contributed by atoms with Crippen molar-refractivity contribution in [2.24, 2.45) is 5.73 Å². The van der Waals surface area contributed by atoms with Crippen LogP contribution in [0.25, 0.3) is 0 Å². The lowest BCUT2D eigenvalue weighted by molar-refractivity contribution is -0.118. The number of methoxy groups -OCH3 is 1. The Kier molecular flexibility index (Phi) is 3.94. The van der Waals surface area contributed by atoms with Crippen molar-refractivity contribution >= 4 is 5.78 Å². The minimum absolute atomic E-state index is 0.0324. The van der Waals surface area contributed by atoms with Crippen LogP contribution in [0.15, 0.2) is 18.2 Å². The van der Waals surface area contributed by atoms with Crippen LogP contribution in [0.1, 0.15) is 44.9 Å². The third-order valence-electron chi connectivity index (χ3n) is 2.83. The van der Waals surface area contributed by atoms with E-state index in [9.17, 15) is 4.79 Å². The molecule has 0 aliphatic carbocycles. The Balaban J connectivity index is 3.27. The average molecular weight is 235 g/mol. The molecule has 0 aliphatic heterocycles. The maximum atomic E-state index is 11.3. The highest BCUT2D eigenvalue weighted by Crippen LogP contribution is 2.33. The summed E-state index contributed by atoms with van der Waals surface area (Å²) in [5.74, 6) is 0.798. The second-order valence-corrected chi connectivity index (χ2v) is 5.30. The molecule has 1 atom stereocenters. The summed E-state index contributed by atoms with van der Waals surface area (Å²) in [5, 5.41) is 0. The molecule has 3 heteroatoms. The summed E-state index contributed by atoms with van der Waals surface area (Å²) in [4.78, 5) is 11.3. The van der Waals surface area contributed by atoms with Gasteiger partial charge >= 0.3 is 0 Å². The van der Waals surface area contributed by atoms with E-state index >= 15 is 0 Å². The fraction of sp³-hybridized carbons (Fsp3) is 0.500. The van der Waals surface area contributed by atoms with Gasteiger partial charge in [-0.2, -0.15) is 0 Å². The fourth-order valence-corrected chi connectivity index (χ4v) is 1.74. The number of benzene rings is 1. The minimum atomic E-state index is -0.554. The number of carbonyl (C=O) groups excluding carboxylic acids is 1. The Bertz CT molecular complexity index is 419. The van der Waals surface area contributed by atoms with Gasteiger partial charge in [-0.05, 0) is 35.6 Å². The van der Waals surface area contributed by atoms with Gasteiger partial charge in [0, 0.05) is 0 Å². The van der Waals surface area contributed by atoms with Crippen molar-refractivity contribution < 1.29 is 9.53 Å². The monoisotopic (exact) mass is 235 g/mol. The summed E-state index contributed by atoms with van der Waals surface area (Å²) in [6.07, 6.45) is 0. The Hall–Kier alpha value is -1.35. The third-order valence-corrected chi connectivity index (χ3v) is 2.83. The summed E-state index contributed by atoms with van der Waals surface area (Å²) >= 11 is 0. The normalized spacial score (nSPS) is 13.3. The zero-order chi connectivity index (χ0) is 13.2. The number of rotatable bonds is 3. The molecule has 0 amide bonds. The van der Waals surface area contributed by atoms with Gasteiger partial charge in [-0.15, -0.1) is 0 Å². The van der Waals surface area contributed by atoms with E-state index in [1.807, 2.05) is 18.2 Å². The summed E-state index contributed by atoms with van der Waals surface area (Å²) < 4.78 is 5.34. The molecular formula is C14H21NO2.